The molecular formula is C20H40O3Si. The van der Waals surface area contributed by atoms with Gasteiger partial charge in [0, 0.05) is 19.8 Å². The van der Waals surface area contributed by atoms with Gasteiger partial charge in [0.15, 0.2) is 0 Å². The minimum absolute atomic E-state index is 0.713. The van der Waals surface area contributed by atoms with E-state index in [-0.39, 0.29) is 0 Å². The van der Waals surface area contributed by atoms with E-state index in [0.29, 0.717) is 19.8 Å². The molecule has 0 unspecified atom stereocenters. The van der Waals surface area contributed by atoms with Crippen LogP contribution in [0.4, 0.5) is 0 Å². The van der Waals surface area contributed by atoms with Gasteiger partial charge < -0.3 is 13.3 Å². The van der Waals surface area contributed by atoms with Crippen molar-refractivity contribution in [3.63, 3.8) is 0 Å². The molecule has 0 aromatic carbocycles. The fourth-order valence-electron chi connectivity index (χ4n) is 2.02. The van der Waals surface area contributed by atoms with Crippen molar-refractivity contribution in [2.24, 2.45) is 0 Å². The maximum atomic E-state index is 6.16. The van der Waals surface area contributed by atoms with Crippen LogP contribution in [0.1, 0.15) is 85.5 Å². The molecule has 4 heteroatoms. The summed E-state index contributed by atoms with van der Waals surface area (Å²) in [7, 11) is -2.71. The van der Waals surface area contributed by atoms with E-state index in [2.05, 4.69) is 51.6 Å². The van der Waals surface area contributed by atoms with Crippen LogP contribution in [0.5, 0.6) is 0 Å². The first-order valence-electron chi connectivity index (χ1n) is 10.0. The molecule has 0 N–H and O–H groups in total. The highest BCUT2D eigenvalue weighted by molar-refractivity contribution is 6.66. The van der Waals surface area contributed by atoms with E-state index in [1.807, 2.05) is 0 Å². The van der Waals surface area contributed by atoms with Gasteiger partial charge in [0.05, 0.1) is 0 Å². The Bertz CT molecular complexity index is 289. The molecule has 0 atom stereocenters. The molecule has 3 nitrogen and oxygen atoms in total. The van der Waals surface area contributed by atoms with Gasteiger partial charge in [-0.3, -0.25) is 0 Å². The molecule has 0 saturated heterocycles. The molecule has 0 aliphatic carbocycles. The Kier molecular flexibility index (Phi) is 17.1. The van der Waals surface area contributed by atoms with Crippen LogP contribution in [-0.2, 0) is 13.3 Å². The lowest BCUT2D eigenvalue weighted by molar-refractivity contribution is 0.0685. The normalized spacial score (nSPS) is 12.7. The van der Waals surface area contributed by atoms with Crippen LogP contribution >= 0.6 is 0 Å². The van der Waals surface area contributed by atoms with Gasteiger partial charge in [0.1, 0.15) is 0 Å². The summed E-state index contributed by atoms with van der Waals surface area (Å²) in [5, 5.41) is 0. The molecule has 0 spiro atoms. The number of hydrogen-bond donors (Lipinski definition) is 0. The van der Waals surface area contributed by atoms with Crippen molar-refractivity contribution in [3.8, 4) is 0 Å². The number of hydrogen-bond acceptors (Lipinski definition) is 3. The topological polar surface area (TPSA) is 27.7 Å². The van der Waals surface area contributed by atoms with Crippen LogP contribution in [0, 0.1) is 0 Å². The summed E-state index contributed by atoms with van der Waals surface area (Å²) in [6.45, 7) is 10.9. The average Bonchev–Trinajstić information content (AvgIpc) is 2.58. The summed E-state index contributed by atoms with van der Waals surface area (Å²) in [5.41, 5.74) is 2.07. The van der Waals surface area contributed by atoms with Crippen LogP contribution in [0.3, 0.4) is 0 Å². The smallest absolute Gasteiger partial charge is 0.370 e. The van der Waals surface area contributed by atoms with Crippen molar-refractivity contribution < 1.29 is 13.3 Å². The summed E-state index contributed by atoms with van der Waals surface area (Å²) in [6.07, 6.45) is 16.5. The van der Waals surface area contributed by atoms with Gasteiger partial charge in [-0.1, -0.05) is 78.0 Å². The lowest BCUT2D eigenvalue weighted by atomic mass is 10.2. The zero-order valence-electron chi connectivity index (χ0n) is 16.5. The van der Waals surface area contributed by atoms with Crippen LogP contribution in [0.25, 0.3) is 0 Å². The molecule has 0 radical (unpaired) electrons. The van der Waals surface area contributed by atoms with Gasteiger partial charge in [-0.2, -0.15) is 0 Å². The highest BCUT2D eigenvalue weighted by atomic mass is 28.4. The first-order valence-corrected chi connectivity index (χ1v) is 11.8. The molecule has 0 saturated carbocycles. The molecule has 0 heterocycles. The van der Waals surface area contributed by atoms with Crippen molar-refractivity contribution in [3.05, 3.63) is 23.9 Å². The molecule has 0 aliphatic heterocycles. The van der Waals surface area contributed by atoms with Crippen molar-refractivity contribution in [1.29, 1.82) is 0 Å². The van der Waals surface area contributed by atoms with Crippen LogP contribution < -0.4 is 0 Å². The molecule has 0 bridgehead atoms. The molecule has 0 rings (SSSR count). The highest BCUT2D eigenvalue weighted by Gasteiger charge is 2.38. The quantitative estimate of drug-likeness (QED) is 0.176. The second-order valence-electron chi connectivity index (χ2n) is 6.14. The minimum atomic E-state index is -2.71. The van der Waals surface area contributed by atoms with E-state index < -0.39 is 8.80 Å². The third kappa shape index (κ3) is 12.9. The van der Waals surface area contributed by atoms with Crippen LogP contribution in [0.2, 0.25) is 0 Å². The molecule has 0 aromatic rings. The van der Waals surface area contributed by atoms with Crippen LogP contribution in [-0.4, -0.2) is 28.6 Å². The zero-order valence-corrected chi connectivity index (χ0v) is 17.5. The predicted molar refractivity (Wildman–Crippen MR) is 106 cm³/mol. The highest BCUT2D eigenvalue weighted by Crippen LogP contribution is 2.15. The Morgan fingerprint density at radius 3 is 1.50 bits per heavy atom. The second-order valence-corrected chi connectivity index (χ2v) is 8.55. The number of allylic oxidation sites excluding steroid dienone is 3. The lowest BCUT2D eigenvalue weighted by Gasteiger charge is -2.27. The third-order valence-corrected chi connectivity index (χ3v) is 6.10. The Morgan fingerprint density at radius 1 is 0.625 bits per heavy atom. The zero-order chi connectivity index (χ0) is 17.9. The molecule has 142 valence electrons. The monoisotopic (exact) mass is 356 g/mol. The van der Waals surface area contributed by atoms with E-state index in [0.717, 1.165) is 44.9 Å². The Morgan fingerprint density at radius 2 is 1.08 bits per heavy atom. The van der Waals surface area contributed by atoms with Crippen LogP contribution in [0.15, 0.2) is 23.9 Å². The van der Waals surface area contributed by atoms with Gasteiger partial charge in [-0.05, 0) is 31.4 Å². The van der Waals surface area contributed by atoms with Gasteiger partial charge >= 0.3 is 8.80 Å². The SMILES string of the molecule is CCCC/C=C/C=C/[Si](OCCCC)(OCCCC)OCCCC. The first kappa shape index (κ1) is 23.6. The molecule has 0 fully saturated rings. The predicted octanol–water partition coefficient (Wildman–Crippen LogP) is 6.22. The Balaban J connectivity index is 4.82. The lowest BCUT2D eigenvalue weighted by Crippen LogP contribution is -2.45. The number of rotatable bonds is 17. The van der Waals surface area contributed by atoms with Crippen molar-refractivity contribution >= 4 is 8.80 Å². The second kappa shape index (κ2) is 17.4. The van der Waals surface area contributed by atoms with E-state index in [4.69, 9.17) is 13.3 Å². The van der Waals surface area contributed by atoms with Gasteiger partial charge in [-0.25, -0.2) is 0 Å². The fourth-order valence-corrected chi connectivity index (χ4v) is 4.19. The van der Waals surface area contributed by atoms with Gasteiger partial charge in [0.2, 0.25) is 0 Å². The number of unbranched alkanes of at least 4 members (excludes halogenated alkanes) is 5. The summed E-state index contributed by atoms with van der Waals surface area (Å²) in [6, 6.07) is 0. The molecule has 0 aliphatic rings. The Labute approximate surface area is 151 Å². The largest absolute Gasteiger partial charge is 0.529 e. The molecule has 0 amide bonds. The summed E-state index contributed by atoms with van der Waals surface area (Å²) < 4.78 is 18.5. The first-order chi connectivity index (χ1) is 11.7. The van der Waals surface area contributed by atoms with Crippen molar-refractivity contribution in [2.75, 3.05) is 19.8 Å². The average molecular weight is 357 g/mol. The summed E-state index contributed by atoms with van der Waals surface area (Å²) >= 11 is 0. The fraction of sp³-hybridized carbons (Fsp3) is 0.800. The van der Waals surface area contributed by atoms with E-state index in [9.17, 15) is 0 Å². The summed E-state index contributed by atoms with van der Waals surface area (Å²) in [5.74, 6) is 0. The minimum Gasteiger partial charge on any atom is -0.370 e. The van der Waals surface area contributed by atoms with Gasteiger partial charge in [0.25, 0.3) is 0 Å². The third-order valence-electron chi connectivity index (χ3n) is 3.68. The van der Waals surface area contributed by atoms with Gasteiger partial charge in [-0.15, -0.1) is 0 Å². The van der Waals surface area contributed by atoms with E-state index >= 15 is 0 Å². The van der Waals surface area contributed by atoms with E-state index in [1.165, 1.54) is 12.8 Å². The summed E-state index contributed by atoms with van der Waals surface area (Å²) in [4.78, 5) is 0. The van der Waals surface area contributed by atoms with Crippen molar-refractivity contribution in [2.45, 2.75) is 85.5 Å². The van der Waals surface area contributed by atoms with Crippen molar-refractivity contribution in [1.82, 2.24) is 0 Å². The Hall–Kier alpha value is -0.423. The maximum absolute atomic E-state index is 6.16. The molecular weight excluding hydrogens is 316 g/mol. The van der Waals surface area contributed by atoms with E-state index in [1.54, 1.807) is 0 Å². The molecule has 0 aromatic heterocycles. The molecule has 24 heavy (non-hydrogen) atoms. The maximum Gasteiger partial charge on any atom is 0.529 e. The standard InChI is InChI=1S/C20H40O3Si/c1-5-9-13-14-15-16-20-24(21-17-10-6-2,22-18-11-7-3)23-19-12-8-4/h14-16,20H,5-13,17-19H2,1-4H3/b15-14+,20-16+.